The van der Waals surface area contributed by atoms with Crippen LogP contribution in [0.1, 0.15) is 26.3 Å². The summed E-state index contributed by atoms with van der Waals surface area (Å²) in [6, 6.07) is 6.87. The predicted molar refractivity (Wildman–Crippen MR) is 97.3 cm³/mol. The summed E-state index contributed by atoms with van der Waals surface area (Å²) in [7, 11) is -3.62. The molecule has 0 radical (unpaired) electrons. The first-order chi connectivity index (χ1) is 12.0. The molecule has 1 fully saturated rings. The molecule has 0 bridgehead atoms. The van der Waals surface area contributed by atoms with E-state index in [1.807, 2.05) is 12.1 Å². The van der Waals surface area contributed by atoms with Crippen LogP contribution in [0, 0.1) is 0 Å². The molecule has 26 heavy (non-hydrogen) atoms. The Labute approximate surface area is 154 Å². The standard InChI is InChI=1S/C18H24N2O5S/c1-18(2,3)14-4-6-15(7-5-14)26(24,25)20-12-10-19(11-13-20)16(21)8-9-17(22)23/h4-9H,10-13H2,1-3H3,(H,22,23). The van der Waals surface area contributed by atoms with Crippen molar-refractivity contribution in [2.24, 2.45) is 0 Å². The highest BCUT2D eigenvalue weighted by atomic mass is 32.2. The lowest BCUT2D eigenvalue weighted by molar-refractivity contribution is -0.132. The van der Waals surface area contributed by atoms with Crippen LogP contribution in [-0.4, -0.2) is 60.8 Å². The van der Waals surface area contributed by atoms with Crippen molar-refractivity contribution >= 4 is 21.9 Å². The number of carboxylic acid groups (broad SMARTS) is 1. The molecule has 1 amide bonds. The molecule has 1 N–H and O–H groups in total. The fraction of sp³-hybridized carbons (Fsp3) is 0.444. The molecule has 0 spiro atoms. The molecule has 0 saturated carbocycles. The fourth-order valence-corrected chi connectivity index (χ4v) is 4.09. The van der Waals surface area contributed by atoms with E-state index in [0.29, 0.717) is 0 Å². The van der Waals surface area contributed by atoms with Crippen molar-refractivity contribution in [1.29, 1.82) is 0 Å². The van der Waals surface area contributed by atoms with Gasteiger partial charge in [-0.1, -0.05) is 32.9 Å². The summed E-state index contributed by atoms with van der Waals surface area (Å²) in [5.41, 5.74) is 0.995. The molecule has 1 saturated heterocycles. The number of aliphatic carboxylic acids is 1. The van der Waals surface area contributed by atoms with Gasteiger partial charge in [-0.05, 0) is 23.1 Å². The van der Waals surface area contributed by atoms with Crippen LogP contribution >= 0.6 is 0 Å². The Morgan fingerprint density at radius 2 is 1.54 bits per heavy atom. The smallest absolute Gasteiger partial charge is 0.328 e. The van der Waals surface area contributed by atoms with Gasteiger partial charge < -0.3 is 10.0 Å². The van der Waals surface area contributed by atoms with E-state index in [9.17, 15) is 18.0 Å². The van der Waals surface area contributed by atoms with Crippen molar-refractivity contribution in [2.45, 2.75) is 31.1 Å². The molecule has 142 valence electrons. The summed E-state index contributed by atoms with van der Waals surface area (Å²) in [6.45, 7) is 6.98. The van der Waals surface area contributed by atoms with Crippen LogP contribution in [0.15, 0.2) is 41.3 Å². The van der Waals surface area contributed by atoms with Gasteiger partial charge in [-0.3, -0.25) is 4.79 Å². The molecule has 1 heterocycles. The molecular formula is C18H24N2O5S. The topological polar surface area (TPSA) is 95.0 Å². The van der Waals surface area contributed by atoms with Gasteiger partial charge in [0.1, 0.15) is 0 Å². The maximum absolute atomic E-state index is 12.8. The Balaban J connectivity index is 2.06. The van der Waals surface area contributed by atoms with Gasteiger partial charge >= 0.3 is 5.97 Å². The zero-order valence-corrected chi connectivity index (χ0v) is 16.0. The van der Waals surface area contributed by atoms with Gasteiger partial charge in [-0.15, -0.1) is 0 Å². The molecule has 0 aliphatic carbocycles. The number of hydrogen-bond acceptors (Lipinski definition) is 4. The van der Waals surface area contributed by atoms with Crippen LogP contribution in [0.2, 0.25) is 0 Å². The number of benzene rings is 1. The maximum atomic E-state index is 12.8. The van der Waals surface area contributed by atoms with Crippen LogP contribution in [0.4, 0.5) is 0 Å². The van der Waals surface area contributed by atoms with Gasteiger partial charge in [-0.2, -0.15) is 4.31 Å². The number of hydrogen-bond donors (Lipinski definition) is 1. The largest absolute Gasteiger partial charge is 0.478 e. The van der Waals surface area contributed by atoms with Crippen molar-refractivity contribution < 1.29 is 23.1 Å². The fourth-order valence-electron chi connectivity index (χ4n) is 2.67. The average Bonchev–Trinajstić information content (AvgIpc) is 2.59. The van der Waals surface area contributed by atoms with Crippen molar-refractivity contribution in [3.05, 3.63) is 42.0 Å². The highest BCUT2D eigenvalue weighted by Crippen LogP contribution is 2.25. The Hall–Kier alpha value is -2.19. The summed E-state index contributed by atoms with van der Waals surface area (Å²) in [6.07, 6.45) is 1.76. The summed E-state index contributed by atoms with van der Waals surface area (Å²) >= 11 is 0. The van der Waals surface area contributed by atoms with Crippen molar-refractivity contribution in [3.8, 4) is 0 Å². The summed E-state index contributed by atoms with van der Waals surface area (Å²) in [5, 5.41) is 8.56. The zero-order chi connectivity index (χ0) is 19.5. The molecule has 1 aliphatic heterocycles. The SMILES string of the molecule is CC(C)(C)c1ccc(S(=O)(=O)N2CCN(C(=O)C=CC(=O)O)CC2)cc1. The van der Waals surface area contributed by atoms with E-state index in [1.54, 1.807) is 12.1 Å². The third-order valence-electron chi connectivity index (χ3n) is 4.28. The first kappa shape index (κ1) is 20.1. The lowest BCUT2D eigenvalue weighted by atomic mass is 9.87. The highest BCUT2D eigenvalue weighted by Gasteiger charge is 2.29. The number of carbonyl (C=O) groups excluding carboxylic acids is 1. The van der Waals surface area contributed by atoms with Gasteiger partial charge in [0, 0.05) is 38.3 Å². The van der Waals surface area contributed by atoms with Crippen LogP contribution in [0.25, 0.3) is 0 Å². The third-order valence-corrected chi connectivity index (χ3v) is 6.19. The zero-order valence-electron chi connectivity index (χ0n) is 15.2. The molecule has 7 nitrogen and oxygen atoms in total. The minimum atomic E-state index is -3.62. The minimum Gasteiger partial charge on any atom is -0.478 e. The summed E-state index contributed by atoms with van der Waals surface area (Å²) < 4.78 is 26.9. The quantitative estimate of drug-likeness (QED) is 0.798. The second kappa shape index (κ2) is 7.59. The van der Waals surface area contributed by atoms with Gasteiger partial charge in [-0.25, -0.2) is 13.2 Å². The van der Waals surface area contributed by atoms with Crippen LogP contribution in [0.5, 0.6) is 0 Å². The van der Waals surface area contributed by atoms with E-state index < -0.39 is 21.9 Å². The van der Waals surface area contributed by atoms with E-state index in [1.165, 1.54) is 9.21 Å². The molecule has 2 rings (SSSR count). The molecule has 1 aromatic carbocycles. The van der Waals surface area contributed by atoms with Crippen LogP contribution < -0.4 is 0 Å². The molecule has 1 aromatic rings. The lowest BCUT2D eigenvalue weighted by Gasteiger charge is -2.33. The second-order valence-corrected chi connectivity index (χ2v) is 9.11. The minimum absolute atomic E-state index is 0.0578. The molecule has 8 heteroatoms. The predicted octanol–water partition coefficient (Wildman–Crippen LogP) is 1.46. The van der Waals surface area contributed by atoms with E-state index in [0.717, 1.165) is 17.7 Å². The third kappa shape index (κ3) is 4.70. The molecular weight excluding hydrogens is 356 g/mol. The number of nitrogens with zero attached hydrogens (tertiary/aromatic N) is 2. The first-order valence-electron chi connectivity index (χ1n) is 8.32. The van der Waals surface area contributed by atoms with Gasteiger partial charge in [0.05, 0.1) is 4.90 Å². The Morgan fingerprint density at radius 3 is 2.00 bits per heavy atom. The maximum Gasteiger partial charge on any atom is 0.328 e. The Kier molecular flexibility index (Phi) is 5.87. The average molecular weight is 380 g/mol. The van der Waals surface area contributed by atoms with E-state index in [2.05, 4.69) is 20.8 Å². The monoisotopic (exact) mass is 380 g/mol. The van der Waals surface area contributed by atoms with Crippen molar-refractivity contribution in [3.63, 3.8) is 0 Å². The number of piperazine rings is 1. The number of rotatable bonds is 4. The highest BCUT2D eigenvalue weighted by molar-refractivity contribution is 7.89. The summed E-state index contributed by atoms with van der Waals surface area (Å²) in [5.74, 6) is -1.63. The van der Waals surface area contributed by atoms with Gasteiger partial charge in [0.2, 0.25) is 15.9 Å². The molecule has 0 unspecified atom stereocenters. The lowest BCUT2D eigenvalue weighted by Crippen LogP contribution is -2.50. The Morgan fingerprint density at radius 1 is 1.00 bits per heavy atom. The Bertz CT molecular complexity index is 799. The van der Waals surface area contributed by atoms with E-state index >= 15 is 0 Å². The number of carbonyl (C=O) groups is 2. The number of amides is 1. The van der Waals surface area contributed by atoms with Crippen molar-refractivity contribution in [1.82, 2.24) is 9.21 Å². The molecule has 0 aromatic heterocycles. The van der Waals surface area contributed by atoms with E-state index in [-0.39, 0.29) is 36.5 Å². The van der Waals surface area contributed by atoms with Crippen molar-refractivity contribution in [2.75, 3.05) is 26.2 Å². The second-order valence-electron chi connectivity index (χ2n) is 7.18. The first-order valence-corrected chi connectivity index (χ1v) is 9.76. The van der Waals surface area contributed by atoms with Crippen LogP contribution in [0.3, 0.4) is 0 Å². The van der Waals surface area contributed by atoms with Gasteiger partial charge in [0.15, 0.2) is 0 Å². The summed E-state index contributed by atoms with van der Waals surface area (Å²) in [4.78, 5) is 24.0. The molecule has 0 atom stereocenters. The van der Waals surface area contributed by atoms with E-state index in [4.69, 9.17) is 5.11 Å². The molecule has 1 aliphatic rings. The number of carboxylic acids is 1. The number of sulfonamides is 1. The normalized spacial score (nSPS) is 16.8. The van der Waals surface area contributed by atoms with Crippen LogP contribution in [-0.2, 0) is 25.0 Å². The van der Waals surface area contributed by atoms with Gasteiger partial charge in [0.25, 0.3) is 0 Å².